The van der Waals surface area contributed by atoms with Gasteiger partial charge in [-0.3, -0.25) is 54.3 Å². The number of amides is 5. The number of carbonyl (C=O) groups is 6. The van der Waals surface area contributed by atoms with E-state index >= 15 is 0 Å². The van der Waals surface area contributed by atoms with Crippen molar-refractivity contribution < 1.29 is 66.4 Å². The summed E-state index contributed by atoms with van der Waals surface area (Å²) in [6, 6.07) is 46.3. The van der Waals surface area contributed by atoms with Crippen LogP contribution in [-0.4, -0.2) is 146 Å². The lowest BCUT2D eigenvalue weighted by Crippen LogP contribution is -2.31. The van der Waals surface area contributed by atoms with Gasteiger partial charge in [0.15, 0.2) is 5.78 Å². The van der Waals surface area contributed by atoms with Crippen LogP contribution in [0.25, 0.3) is 115 Å². The molecule has 0 spiro atoms. The number of aliphatic hydroxyl groups excluding tert-OH is 1. The lowest BCUT2D eigenvalue weighted by atomic mass is 10.0. The van der Waals surface area contributed by atoms with Crippen LogP contribution in [0.3, 0.4) is 0 Å². The zero-order valence-electron chi connectivity index (χ0n) is 76.5. The summed E-state index contributed by atoms with van der Waals surface area (Å²) in [6.07, 6.45) is 27.0. The van der Waals surface area contributed by atoms with Gasteiger partial charge < -0.3 is 64.2 Å². The van der Waals surface area contributed by atoms with E-state index in [4.69, 9.17) is 32.5 Å². The zero-order chi connectivity index (χ0) is 96.3. The number of thiophene rings is 5. The molecular weight excluding hydrogens is 1840 g/mol. The molecule has 0 radical (unpaired) electrons. The third kappa shape index (κ3) is 22.6. The van der Waals surface area contributed by atoms with Crippen molar-refractivity contribution in [2.24, 2.45) is 0 Å². The van der Waals surface area contributed by atoms with Crippen molar-refractivity contribution in [1.29, 1.82) is 0 Å². The van der Waals surface area contributed by atoms with Gasteiger partial charge >= 0.3 is 0 Å². The molecule has 138 heavy (non-hydrogen) atoms. The van der Waals surface area contributed by atoms with Crippen molar-refractivity contribution >= 4 is 207 Å². The fourth-order valence-electron chi connectivity index (χ4n) is 15.0. The van der Waals surface area contributed by atoms with E-state index in [1.54, 1.807) is 148 Å². The predicted octanol–water partition coefficient (Wildman–Crippen LogP) is 21.4. The monoisotopic (exact) mass is 1940 g/mol. The number of nitrogens with one attached hydrogen (secondary N) is 10. The zero-order valence-corrected chi connectivity index (χ0v) is 80.5. The second kappa shape index (κ2) is 44.7. The van der Waals surface area contributed by atoms with Gasteiger partial charge in [-0.2, -0.15) is 36.8 Å². The van der Waals surface area contributed by atoms with Gasteiger partial charge in [-0.1, -0.05) is 36.4 Å². The van der Waals surface area contributed by atoms with Gasteiger partial charge in [-0.15, -0.1) is 45.3 Å². The first-order chi connectivity index (χ1) is 67.3. The van der Waals surface area contributed by atoms with Gasteiger partial charge in [0.05, 0.1) is 189 Å². The fraction of sp³-hybridized carbons (Fsp3) is 0.183. The average Bonchev–Trinajstić information content (AvgIpc) is 1.63. The maximum Gasteiger partial charge on any atom is 0.255 e. The van der Waals surface area contributed by atoms with Gasteiger partial charge in [0.2, 0.25) is 0 Å². The van der Waals surface area contributed by atoms with Crippen LogP contribution in [0.15, 0.2) is 200 Å². The molecule has 20 rings (SSSR count). The number of ether oxygens (including phenoxy) is 5. The normalized spacial score (nSPS) is 12.6. The van der Waals surface area contributed by atoms with E-state index in [9.17, 15) is 33.9 Å². The number of hydrogen-bond donors (Lipinski definition) is 11. The SMILES string of the molecule is COc1c(C(=O)NC2CC2)ccc2n[nH]c(/C=C/c3ccc(C(C)=O)s3)c12.COc1c(C(=O)NC2CC2)ccc2n[nH]c(/C=C/c3sccc3C)c12.COc1c(C(=O)NCc2ccco2)ccc2n[nH]c(/C=C/c3ccsc3)c12.COc1c(C(=O)NCc2ccco2)ccc2n[nH]c(/C=C/c3sccc3C)c12.COc1c(C(=O)N[C@H](CO)c2ccccc2)ccc2n[nH]c(/C=C/c3sccc3C)c12. The molecule has 34 heteroatoms. The van der Waals surface area contributed by atoms with Crippen molar-refractivity contribution in [3.05, 3.63) is 311 Å². The number of rotatable bonds is 30. The summed E-state index contributed by atoms with van der Waals surface area (Å²) < 4.78 is 38.5. The second-order valence-corrected chi connectivity index (χ2v) is 36.7. The van der Waals surface area contributed by atoms with Gasteiger partial charge in [-0.25, -0.2) is 0 Å². The summed E-state index contributed by atoms with van der Waals surface area (Å²) in [7, 11) is 7.80. The first kappa shape index (κ1) is 95.6. The Morgan fingerprint density at radius 1 is 0.413 bits per heavy atom. The minimum absolute atomic E-state index is 0.0552. The Balaban J connectivity index is 0.000000125. The van der Waals surface area contributed by atoms with Gasteiger partial charge in [0.1, 0.15) is 40.3 Å². The fourth-order valence-corrected chi connectivity index (χ4v) is 18.9. The van der Waals surface area contributed by atoms with Crippen LogP contribution in [0.4, 0.5) is 0 Å². The summed E-state index contributed by atoms with van der Waals surface area (Å²) in [5, 5.41) is 75.3. The first-order valence-corrected chi connectivity index (χ1v) is 48.3. The Bertz CT molecular complexity index is 7520. The molecule has 2 aliphatic rings. The van der Waals surface area contributed by atoms with Crippen molar-refractivity contribution in [3.63, 3.8) is 0 Å². The lowest BCUT2D eigenvalue weighted by molar-refractivity contribution is 0.0909. The molecule has 18 aromatic rings. The summed E-state index contributed by atoms with van der Waals surface area (Å²) in [5.74, 6) is 2.90. The number of aliphatic hydroxyl groups is 1. The van der Waals surface area contributed by atoms with E-state index in [0.717, 1.165) is 129 Å². The Morgan fingerprint density at radius 3 is 1.09 bits per heavy atom. The molecule has 1 atom stereocenters. The molecule has 2 saturated carbocycles. The Hall–Kier alpha value is -15.6. The smallest absolute Gasteiger partial charge is 0.255 e. The van der Waals surface area contributed by atoms with E-state index in [0.29, 0.717) is 92.7 Å². The molecule has 0 aliphatic heterocycles. The maximum atomic E-state index is 13.1. The van der Waals surface area contributed by atoms with Crippen molar-refractivity contribution in [1.82, 2.24) is 77.6 Å². The molecule has 12 aromatic heterocycles. The molecule has 0 unspecified atom stereocenters. The number of methoxy groups -OCH3 is 5. The Labute approximate surface area is 812 Å². The summed E-state index contributed by atoms with van der Waals surface area (Å²) >= 11 is 8.10. The molecule has 5 amide bonds. The van der Waals surface area contributed by atoms with Gasteiger partial charge in [0.25, 0.3) is 29.5 Å². The second-order valence-electron chi connectivity index (χ2n) is 31.9. The third-order valence-corrected chi connectivity index (χ3v) is 27.4. The third-order valence-electron chi connectivity index (χ3n) is 22.6. The van der Waals surface area contributed by atoms with Crippen LogP contribution in [0.1, 0.15) is 187 Å². The summed E-state index contributed by atoms with van der Waals surface area (Å²) in [4.78, 5) is 80.1. The molecule has 2 fully saturated rings. The van der Waals surface area contributed by atoms with E-state index in [-0.39, 0.29) is 48.0 Å². The van der Waals surface area contributed by atoms with Crippen LogP contribution >= 0.6 is 56.7 Å². The number of benzene rings is 6. The molecule has 11 N–H and O–H groups in total. The highest BCUT2D eigenvalue weighted by Crippen LogP contribution is 2.40. The molecule has 12 heterocycles. The minimum atomic E-state index is -0.514. The Kier molecular flexibility index (Phi) is 31.0. The number of hydrogen-bond acceptors (Lipinski definition) is 24. The number of carbonyl (C=O) groups excluding carboxylic acids is 6. The molecule has 29 nitrogen and oxygen atoms in total. The largest absolute Gasteiger partial charge is 0.495 e. The van der Waals surface area contributed by atoms with E-state index < -0.39 is 6.04 Å². The number of furan rings is 2. The van der Waals surface area contributed by atoms with E-state index in [1.807, 2.05) is 144 Å². The lowest BCUT2D eigenvalue weighted by Gasteiger charge is -2.18. The highest BCUT2D eigenvalue weighted by atomic mass is 32.1. The number of aryl methyl sites for hydroxylation is 3. The van der Waals surface area contributed by atoms with Crippen molar-refractivity contribution in [2.45, 2.75) is 84.6 Å². The molecule has 702 valence electrons. The molecule has 6 aromatic carbocycles. The Morgan fingerprint density at radius 2 is 0.775 bits per heavy atom. The molecular formula is C104H97N15O14S5. The quantitative estimate of drug-likeness (QED) is 0.0186. The standard InChI is InChI=1S/C24H23N3O3S.C21H19N3O3S.C20H19N3O3S.C20H17N3O3S.C19H19N3O2S/c1-15-12-13-31-21(15)11-10-19-22-18(26-27-19)9-8-17(23(22)30-2)24(29)25-20(14-28)16-6-4-3-5-7-16;1-13-9-11-28-18(13)8-7-17-19-16(23-24-17)6-5-15(20(19)26-2)21(25)22-12-14-4-3-10-27-14;1-11(24)17-10-6-13(27-17)5-8-15-18-16(23-22-15)9-7-14(19(18)26-2)20(25)21-12-3-4-12;1-25-19-15(20(24)21-11-14-3-2-9-26-14)5-7-17-18(19)16(22-23-17)6-4-13-8-10-27-12-13;1-11-9-10-25-16(11)8-7-15-17-14(21-22-15)6-5-13(18(17)24-2)19(23)20-12-3-4-12/h3-13,20,28H,14H2,1-2H3,(H,25,29)(H,26,27);3-11H,12H2,1-2H3,(H,22,25)(H,23,24);5-10,12H,3-4H2,1-2H3,(H,21,25)(H,22,23);2-10,12H,11H2,1H3,(H,21,24)(H,22,23);5-10,12H,3-4H2,1-2H3,(H,20,23)(H,21,22)/b11-10+;8-7+;8-5+;6-4+;8-7+/t20-;;;;/m1..../s1. The van der Waals surface area contributed by atoms with Crippen molar-refractivity contribution in [2.75, 3.05) is 42.2 Å². The number of aromatic amines is 5. The van der Waals surface area contributed by atoms with Crippen LogP contribution in [0.2, 0.25) is 0 Å². The van der Waals surface area contributed by atoms with E-state index in [2.05, 4.69) is 139 Å². The van der Waals surface area contributed by atoms with Crippen LogP contribution in [0, 0.1) is 20.8 Å². The van der Waals surface area contributed by atoms with Crippen LogP contribution in [0.5, 0.6) is 28.7 Å². The van der Waals surface area contributed by atoms with Crippen LogP contribution in [-0.2, 0) is 13.1 Å². The van der Waals surface area contributed by atoms with Crippen LogP contribution < -0.4 is 50.3 Å². The molecule has 0 bridgehead atoms. The van der Waals surface area contributed by atoms with Gasteiger partial charge in [0, 0.05) is 31.6 Å². The predicted molar refractivity (Wildman–Crippen MR) is 548 cm³/mol. The van der Waals surface area contributed by atoms with Gasteiger partial charge in [-0.05, 0) is 284 Å². The topological polar surface area (TPSA) is 399 Å². The minimum Gasteiger partial charge on any atom is -0.495 e. The number of H-pyrrole nitrogens is 5. The average molecular weight is 1940 g/mol. The highest BCUT2D eigenvalue weighted by molar-refractivity contribution is 7.15. The molecule has 0 saturated heterocycles. The number of nitrogens with zero attached hydrogens (tertiary/aromatic N) is 5. The molecule has 2 aliphatic carbocycles. The summed E-state index contributed by atoms with van der Waals surface area (Å²) in [5.41, 5.74) is 15.5. The first-order valence-electron chi connectivity index (χ1n) is 43.9. The number of Topliss-reactive ketones (excluding diaryl/α,β-unsaturated/α-hetero) is 1. The number of ketones is 1. The van der Waals surface area contributed by atoms with E-state index in [1.165, 1.54) is 44.9 Å². The summed E-state index contributed by atoms with van der Waals surface area (Å²) in [6.45, 7) is 8.19. The maximum absolute atomic E-state index is 13.1. The van der Waals surface area contributed by atoms with Crippen molar-refractivity contribution in [3.8, 4) is 28.7 Å². The highest BCUT2D eigenvalue weighted by Gasteiger charge is 2.30. The number of fused-ring (bicyclic) bond motifs is 5. The number of aromatic nitrogens is 10.